The highest BCUT2D eigenvalue weighted by Crippen LogP contribution is 2.23. The zero-order valence-corrected chi connectivity index (χ0v) is 17.6. The smallest absolute Gasteiger partial charge is 0.222 e. The molecule has 1 unspecified atom stereocenters. The molecule has 1 amide bonds. The lowest BCUT2D eigenvalue weighted by atomic mass is 10.1. The van der Waals surface area contributed by atoms with Crippen LogP contribution in [0.3, 0.4) is 0 Å². The van der Waals surface area contributed by atoms with Crippen LogP contribution in [0.15, 0.2) is 41.8 Å². The first-order chi connectivity index (χ1) is 13.8. The average molecular weight is 415 g/mol. The SMILES string of the molecule is O=C(CCCCc1nc2ccccc2s1)N(Cc1cccs1)CC1CCCO1. The number of hydrogen-bond acceptors (Lipinski definition) is 5. The molecule has 3 aromatic rings. The van der Waals surface area contributed by atoms with E-state index in [4.69, 9.17) is 9.72 Å². The van der Waals surface area contributed by atoms with Crippen LogP contribution < -0.4 is 0 Å². The Labute approximate surface area is 174 Å². The van der Waals surface area contributed by atoms with Gasteiger partial charge < -0.3 is 9.64 Å². The van der Waals surface area contributed by atoms with E-state index < -0.39 is 0 Å². The number of carbonyl (C=O) groups excluding carboxylic acids is 1. The highest BCUT2D eigenvalue weighted by Gasteiger charge is 2.22. The van der Waals surface area contributed by atoms with E-state index in [-0.39, 0.29) is 12.0 Å². The number of aryl methyl sites for hydroxylation is 1. The van der Waals surface area contributed by atoms with Crippen LogP contribution in [0, 0.1) is 0 Å². The van der Waals surface area contributed by atoms with Crippen LogP contribution in [-0.2, 0) is 22.5 Å². The number of para-hydroxylation sites is 1. The summed E-state index contributed by atoms with van der Waals surface area (Å²) in [6.45, 7) is 2.25. The summed E-state index contributed by atoms with van der Waals surface area (Å²) in [6.07, 6.45) is 5.82. The van der Waals surface area contributed by atoms with Crippen molar-refractivity contribution in [3.05, 3.63) is 51.7 Å². The zero-order valence-electron chi connectivity index (χ0n) is 16.0. The molecule has 1 aliphatic rings. The molecule has 0 N–H and O–H groups in total. The van der Waals surface area contributed by atoms with Gasteiger partial charge in [0.2, 0.25) is 5.91 Å². The fourth-order valence-electron chi connectivity index (χ4n) is 3.62. The third-order valence-corrected chi connectivity index (χ3v) is 7.05. The summed E-state index contributed by atoms with van der Waals surface area (Å²) in [7, 11) is 0. The summed E-state index contributed by atoms with van der Waals surface area (Å²) in [4.78, 5) is 20.8. The predicted octanol–water partition coefficient (Wildman–Crippen LogP) is 5.28. The number of aromatic nitrogens is 1. The van der Waals surface area contributed by atoms with Crippen LogP contribution in [0.2, 0.25) is 0 Å². The Morgan fingerprint density at radius 2 is 2.14 bits per heavy atom. The molecule has 1 fully saturated rings. The normalized spacial score (nSPS) is 16.6. The third-order valence-electron chi connectivity index (χ3n) is 5.10. The van der Waals surface area contributed by atoms with Crippen molar-refractivity contribution in [1.29, 1.82) is 0 Å². The second-order valence-corrected chi connectivity index (χ2v) is 9.42. The van der Waals surface area contributed by atoms with Crippen LogP contribution in [0.1, 0.15) is 42.0 Å². The van der Waals surface area contributed by atoms with Crippen molar-refractivity contribution >= 4 is 38.8 Å². The molecule has 1 aliphatic heterocycles. The number of amides is 1. The Morgan fingerprint density at radius 3 is 2.93 bits per heavy atom. The van der Waals surface area contributed by atoms with E-state index in [2.05, 4.69) is 29.6 Å². The molecule has 6 heteroatoms. The lowest BCUT2D eigenvalue weighted by molar-refractivity contribution is -0.133. The number of rotatable bonds is 9. The molecular formula is C22H26N2O2S2. The van der Waals surface area contributed by atoms with Gasteiger partial charge in [-0.2, -0.15) is 0 Å². The van der Waals surface area contributed by atoms with E-state index >= 15 is 0 Å². The van der Waals surface area contributed by atoms with Gasteiger partial charge in [-0.1, -0.05) is 18.2 Å². The van der Waals surface area contributed by atoms with Gasteiger partial charge in [0, 0.05) is 24.4 Å². The van der Waals surface area contributed by atoms with Gasteiger partial charge in [-0.3, -0.25) is 4.79 Å². The van der Waals surface area contributed by atoms with Gasteiger partial charge in [0.1, 0.15) is 0 Å². The minimum absolute atomic E-state index is 0.201. The van der Waals surface area contributed by atoms with Crippen LogP contribution in [0.25, 0.3) is 10.2 Å². The standard InChI is InChI=1S/C22H26N2O2S2/c25-22(12-4-3-11-21-23-19-9-1-2-10-20(19)28-21)24(15-17-7-5-13-26-17)16-18-8-6-14-27-18/h1-2,6,8-10,14,17H,3-5,7,11-13,15-16H2. The van der Waals surface area contributed by atoms with Crippen LogP contribution in [-0.4, -0.2) is 35.0 Å². The Kier molecular flexibility index (Phi) is 6.73. The fraction of sp³-hybridized carbons (Fsp3) is 0.455. The average Bonchev–Trinajstić information content (AvgIpc) is 3.45. The van der Waals surface area contributed by atoms with Gasteiger partial charge in [-0.25, -0.2) is 4.98 Å². The lowest BCUT2D eigenvalue weighted by Crippen LogP contribution is -2.36. The van der Waals surface area contributed by atoms with Crippen molar-refractivity contribution in [3.8, 4) is 0 Å². The molecule has 148 valence electrons. The first-order valence-corrected chi connectivity index (χ1v) is 11.7. The second-order valence-electron chi connectivity index (χ2n) is 7.27. The maximum atomic E-state index is 12.9. The molecule has 1 atom stereocenters. The van der Waals surface area contributed by atoms with Crippen molar-refractivity contribution in [2.75, 3.05) is 13.2 Å². The zero-order chi connectivity index (χ0) is 19.2. The van der Waals surface area contributed by atoms with E-state index in [0.29, 0.717) is 19.5 Å². The first-order valence-electron chi connectivity index (χ1n) is 10.0. The highest BCUT2D eigenvalue weighted by atomic mass is 32.1. The summed E-state index contributed by atoms with van der Waals surface area (Å²) in [6, 6.07) is 12.4. The summed E-state index contributed by atoms with van der Waals surface area (Å²) in [5.74, 6) is 0.244. The van der Waals surface area contributed by atoms with Crippen LogP contribution in [0.5, 0.6) is 0 Å². The third kappa shape index (κ3) is 5.19. The number of unbranched alkanes of at least 4 members (excludes halogenated alkanes) is 1. The molecular weight excluding hydrogens is 388 g/mol. The summed E-state index contributed by atoms with van der Waals surface area (Å²) in [5.41, 5.74) is 1.08. The molecule has 0 spiro atoms. The largest absolute Gasteiger partial charge is 0.376 e. The number of thiophene rings is 1. The van der Waals surface area contributed by atoms with Crippen LogP contribution in [0.4, 0.5) is 0 Å². The Bertz CT molecular complexity index is 852. The summed E-state index contributed by atoms with van der Waals surface area (Å²) >= 11 is 3.48. The topological polar surface area (TPSA) is 42.4 Å². The van der Waals surface area contributed by atoms with Crippen LogP contribution >= 0.6 is 22.7 Å². The summed E-state index contributed by atoms with van der Waals surface area (Å²) in [5, 5.41) is 3.24. The minimum Gasteiger partial charge on any atom is -0.376 e. The monoisotopic (exact) mass is 414 g/mol. The number of thiazole rings is 1. The van der Waals surface area contributed by atoms with E-state index in [0.717, 1.165) is 44.2 Å². The van der Waals surface area contributed by atoms with E-state index in [1.807, 2.05) is 17.0 Å². The molecule has 28 heavy (non-hydrogen) atoms. The van der Waals surface area contributed by atoms with Gasteiger partial charge in [0.25, 0.3) is 0 Å². The molecule has 1 aromatic carbocycles. The van der Waals surface area contributed by atoms with Gasteiger partial charge in [0.15, 0.2) is 0 Å². The van der Waals surface area contributed by atoms with Crippen molar-refractivity contribution in [2.24, 2.45) is 0 Å². The summed E-state index contributed by atoms with van der Waals surface area (Å²) < 4.78 is 7.01. The number of benzene rings is 1. The number of nitrogens with zero attached hydrogens (tertiary/aromatic N) is 2. The van der Waals surface area contributed by atoms with Gasteiger partial charge in [0.05, 0.1) is 27.9 Å². The van der Waals surface area contributed by atoms with E-state index in [1.54, 1.807) is 22.7 Å². The number of hydrogen-bond donors (Lipinski definition) is 0. The van der Waals surface area contributed by atoms with Gasteiger partial charge in [-0.05, 0) is 55.7 Å². The lowest BCUT2D eigenvalue weighted by Gasteiger charge is -2.25. The first kappa shape index (κ1) is 19.6. The number of ether oxygens (including phenoxy) is 1. The fourth-order valence-corrected chi connectivity index (χ4v) is 5.35. The second kappa shape index (κ2) is 9.63. The Balaban J connectivity index is 1.27. The number of fused-ring (bicyclic) bond motifs is 1. The molecule has 1 saturated heterocycles. The predicted molar refractivity (Wildman–Crippen MR) is 116 cm³/mol. The van der Waals surface area contributed by atoms with Gasteiger partial charge in [-0.15, -0.1) is 22.7 Å². The molecule has 0 saturated carbocycles. The molecule has 4 rings (SSSR count). The molecule has 0 radical (unpaired) electrons. The van der Waals surface area contributed by atoms with Crippen molar-refractivity contribution < 1.29 is 9.53 Å². The quantitative estimate of drug-likeness (QED) is 0.448. The molecule has 4 nitrogen and oxygen atoms in total. The van der Waals surface area contributed by atoms with Crippen molar-refractivity contribution in [2.45, 2.75) is 51.2 Å². The Hall–Kier alpha value is -1.76. The number of carbonyl (C=O) groups is 1. The maximum Gasteiger partial charge on any atom is 0.222 e. The Morgan fingerprint density at radius 1 is 1.21 bits per heavy atom. The molecule has 3 heterocycles. The van der Waals surface area contributed by atoms with Gasteiger partial charge >= 0.3 is 0 Å². The minimum atomic E-state index is 0.201. The van der Waals surface area contributed by atoms with Crippen molar-refractivity contribution in [3.63, 3.8) is 0 Å². The van der Waals surface area contributed by atoms with Crippen molar-refractivity contribution in [1.82, 2.24) is 9.88 Å². The van der Waals surface area contributed by atoms with E-state index in [9.17, 15) is 4.79 Å². The molecule has 2 aromatic heterocycles. The molecule has 0 bridgehead atoms. The highest BCUT2D eigenvalue weighted by molar-refractivity contribution is 7.18. The maximum absolute atomic E-state index is 12.9. The van der Waals surface area contributed by atoms with E-state index in [1.165, 1.54) is 14.6 Å². The molecule has 0 aliphatic carbocycles.